The zero-order chi connectivity index (χ0) is 13.9. The molecule has 3 atom stereocenters. The summed E-state index contributed by atoms with van der Waals surface area (Å²) >= 11 is 0. The van der Waals surface area contributed by atoms with Crippen LogP contribution in [0.3, 0.4) is 0 Å². The van der Waals surface area contributed by atoms with Gasteiger partial charge in [0, 0.05) is 31.2 Å². The highest BCUT2D eigenvalue weighted by Crippen LogP contribution is 2.27. The van der Waals surface area contributed by atoms with Crippen LogP contribution < -0.4 is 5.32 Å². The van der Waals surface area contributed by atoms with E-state index >= 15 is 0 Å². The standard InChI is InChI=1S/C16H34N2/c1-8-9-13(4)18-11-15(16(5,6)7)17-10-14(18)12(2)3/h12-15,17H,8-11H2,1-7H3. The summed E-state index contributed by atoms with van der Waals surface area (Å²) in [4.78, 5) is 2.76. The molecule has 108 valence electrons. The van der Waals surface area contributed by atoms with Gasteiger partial charge in [-0.3, -0.25) is 4.90 Å². The van der Waals surface area contributed by atoms with Crippen molar-refractivity contribution in [3.05, 3.63) is 0 Å². The summed E-state index contributed by atoms with van der Waals surface area (Å²) < 4.78 is 0. The Morgan fingerprint density at radius 3 is 2.28 bits per heavy atom. The van der Waals surface area contributed by atoms with Crippen molar-refractivity contribution in [1.82, 2.24) is 10.2 Å². The predicted molar refractivity (Wildman–Crippen MR) is 80.9 cm³/mol. The van der Waals surface area contributed by atoms with E-state index in [4.69, 9.17) is 0 Å². The summed E-state index contributed by atoms with van der Waals surface area (Å²) in [5, 5.41) is 3.78. The van der Waals surface area contributed by atoms with E-state index in [0.717, 1.165) is 12.5 Å². The molecule has 0 aromatic heterocycles. The lowest BCUT2D eigenvalue weighted by atomic mass is 9.83. The third kappa shape index (κ3) is 3.96. The Hall–Kier alpha value is -0.0800. The molecule has 3 unspecified atom stereocenters. The minimum Gasteiger partial charge on any atom is -0.311 e. The highest BCUT2D eigenvalue weighted by Gasteiger charge is 2.36. The highest BCUT2D eigenvalue weighted by molar-refractivity contribution is 4.94. The van der Waals surface area contributed by atoms with Gasteiger partial charge in [-0.05, 0) is 24.7 Å². The monoisotopic (exact) mass is 254 g/mol. The fourth-order valence-corrected chi connectivity index (χ4v) is 3.08. The number of hydrogen-bond acceptors (Lipinski definition) is 2. The molecule has 0 saturated carbocycles. The number of rotatable bonds is 4. The Labute approximate surface area is 115 Å². The molecule has 1 rings (SSSR count). The Balaban J connectivity index is 2.76. The lowest BCUT2D eigenvalue weighted by Crippen LogP contribution is -2.63. The van der Waals surface area contributed by atoms with E-state index < -0.39 is 0 Å². The normalized spacial score (nSPS) is 28.7. The van der Waals surface area contributed by atoms with E-state index in [0.29, 0.717) is 23.5 Å². The average molecular weight is 254 g/mol. The van der Waals surface area contributed by atoms with Crippen LogP contribution in [0.2, 0.25) is 0 Å². The summed E-state index contributed by atoms with van der Waals surface area (Å²) in [7, 11) is 0. The van der Waals surface area contributed by atoms with Crippen LogP contribution in [0.1, 0.15) is 61.3 Å². The van der Waals surface area contributed by atoms with Crippen LogP contribution in [0.25, 0.3) is 0 Å². The summed E-state index contributed by atoms with van der Waals surface area (Å²) in [6.45, 7) is 18.8. The van der Waals surface area contributed by atoms with E-state index in [9.17, 15) is 0 Å². The summed E-state index contributed by atoms with van der Waals surface area (Å²) in [5.74, 6) is 0.734. The van der Waals surface area contributed by atoms with Crippen molar-refractivity contribution in [2.75, 3.05) is 13.1 Å². The molecular weight excluding hydrogens is 220 g/mol. The van der Waals surface area contributed by atoms with Gasteiger partial charge in [-0.2, -0.15) is 0 Å². The van der Waals surface area contributed by atoms with Crippen molar-refractivity contribution >= 4 is 0 Å². The van der Waals surface area contributed by atoms with Gasteiger partial charge in [-0.1, -0.05) is 48.0 Å². The molecule has 1 fully saturated rings. The molecule has 0 aromatic rings. The first-order valence-electron chi connectivity index (χ1n) is 7.76. The molecule has 0 radical (unpaired) electrons. The van der Waals surface area contributed by atoms with Crippen molar-refractivity contribution < 1.29 is 0 Å². The minimum absolute atomic E-state index is 0.353. The molecule has 1 heterocycles. The van der Waals surface area contributed by atoms with Crippen LogP contribution in [-0.2, 0) is 0 Å². The van der Waals surface area contributed by atoms with Crippen molar-refractivity contribution in [3.63, 3.8) is 0 Å². The predicted octanol–water partition coefficient (Wildman–Crippen LogP) is 3.52. The largest absolute Gasteiger partial charge is 0.311 e. The third-order valence-electron chi connectivity index (χ3n) is 4.48. The van der Waals surface area contributed by atoms with Gasteiger partial charge in [0.15, 0.2) is 0 Å². The van der Waals surface area contributed by atoms with Crippen LogP contribution in [0.5, 0.6) is 0 Å². The van der Waals surface area contributed by atoms with Gasteiger partial charge in [-0.15, -0.1) is 0 Å². The maximum atomic E-state index is 3.78. The van der Waals surface area contributed by atoms with Crippen LogP contribution in [0.15, 0.2) is 0 Å². The first kappa shape index (κ1) is 16.0. The van der Waals surface area contributed by atoms with E-state index in [1.54, 1.807) is 0 Å². The Morgan fingerprint density at radius 2 is 1.83 bits per heavy atom. The zero-order valence-corrected chi connectivity index (χ0v) is 13.6. The molecule has 0 aromatic carbocycles. The average Bonchev–Trinajstić information content (AvgIpc) is 2.27. The van der Waals surface area contributed by atoms with Gasteiger partial charge >= 0.3 is 0 Å². The van der Waals surface area contributed by atoms with Crippen LogP contribution >= 0.6 is 0 Å². The van der Waals surface area contributed by atoms with Crippen molar-refractivity contribution in [3.8, 4) is 0 Å². The second-order valence-corrected chi connectivity index (χ2v) is 7.47. The van der Waals surface area contributed by atoms with Crippen molar-refractivity contribution in [2.45, 2.75) is 79.4 Å². The molecule has 0 bridgehead atoms. The number of nitrogens with zero attached hydrogens (tertiary/aromatic N) is 1. The minimum atomic E-state index is 0.353. The van der Waals surface area contributed by atoms with E-state index in [-0.39, 0.29) is 0 Å². The quantitative estimate of drug-likeness (QED) is 0.826. The lowest BCUT2D eigenvalue weighted by molar-refractivity contribution is 0.0317. The van der Waals surface area contributed by atoms with Crippen molar-refractivity contribution in [2.24, 2.45) is 11.3 Å². The summed E-state index contributed by atoms with van der Waals surface area (Å²) in [6, 6.07) is 2.03. The molecule has 2 heteroatoms. The zero-order valence-electron chi connectivity index (χ0n) is 13.6. The molecule has 1 saturated heterocycles. The fraction of sp³-hybridized carbons (Fsp3) is 1.00. The Kier molecular flexibility index (Phi) is 5.67. The van der Waals surface area contributed by atoms with Gasteiger partial charge in [-0.25, -0.2) is 0 Å². The molecule has 1 N–H and O–H groups in total. The fourth-order valence-electron chi connectivity index (χ4n) is 3.08. The van der Waals surface area contributed by atoms with Gasteiger partial charge in [0.2, 0.25) is 0 Å². The molecular formula is C16H34N2. The number of nitrogens with one attached hydrogen (secondary N) is 1. The molecule has 18 heavy (non-hydrogen) atoms. The second-order valence-electron chi connectivity index (χ2n) is 7.47. The molecule has 0 aliphatic carbocycles. The SMILES string of the molecule is CCCC(C)N1CC(C(C)(C)C)NCC1C(C)C. The number of hydrogen-bond donors (Lipinski definition) is 1. The van der Waals surface area contributed by atoms with Gasteiger partial charge in [0.1, 0.15) is 0 Å². The van der Waals surface area contributed by atoms with Gasteiger partial charge in [0.05, 0.1) is 0 Å². The van der Waals surface area contributed by atoms with Crippen LogP contribution in [-0.4, -0.2) is 36.1 Å². The van der Waals surface area contributed by atoms with Gasteiger partial charge in [0.25, 0.3) is 0 Å². The molecule has 1 aliphatic heterocycles. The summed E-state index contributed by atoms with van der Waals surface area (Å²) in [5.41, 5.74) is 0.353. The maximum absolute atomic E-state index is 3.78. The van der Waals surface area contributed by atoms with Crippen LogP contribution in [0, 0.1) is 11.3 Å². The first-order chi connectivity index (χ1) is 8.27. The molecule has 0 spiro atoms. The third-order valence-corrected chi connectivity index (χ3v) is 4.48. The maximum Gasteiger partial charge on any atom is 0.0247 e. The topological polar surface area (TPSA) is 15.3 Å². The van der Waals surface area contributed by atoms with E-state index in [1.807, 2.05) is 0 Å². The highest BCUT2D eigenvalue weighted by atomic mass is 15.3. The molecule has 1 aliphatic rings. The lowest BCUT2D eigenvalue weighted by Gasteiger charge is -2.49. The van der Waals surface area contributed by atoms with Crippen molar-refractivity contribution in [1.29, 1.82) is 0 Å². The second kappa shape index (κ2) is 6.38. The number of piperazine rings is 1. The van der Waals surface area contributed by atoms with E-state index in [1.165, 1.54) is 19.4 Å². The Morgan fingerprint density at radius 1 is 1.22 bits per heavy atom. The van der Waals surface area contributed by atoms with E-state index in [2.05, 4.69) is 58.7 Å². The first-order valence-corrected chi connectivity index (χ1v) is 7.76. The molecule has 0 amide bonds. The van der Waals surface area contributed by atoms with Crippen LogP contribution in [0.4, 0.5) is 0 Å². The molecule has 2 nitrogen and oxygen atoms in total. The van der Waals surface area contributed by atoms with Gasteiger partial charge < -0.3 is 5.32 Å². The smallest absolute Gasteiger partial charge is 0.0247 e. The summed E-state index contributed by atoms with van der Waals surface area (Å²) in [6.07, 6.45) is 2.61. The Bertz CT molecular complexity index is 242.